The van der Waals surface area contributed by atoms with Crippen molar-refractivity contribution in [1.82, 2.24) is 5.32 Å². The third-order valence-electron chi connectivity index (χ3n) is 5.29. The Hall–Kier alpha value is -2.07. The molecule has 1 amide bonds. The molecule has 0 aliphatic heterocycles. The van der Waals surface area contributed by atoms with Gasteiger partial charge in [0.1, 0.15) is 11.6 Å². The second-order valence-electron chi connectivity index (χ2n) is 7.19. The lowest BCUT2D eigenvalue weighted by atomic mass is 9.67. The highest BCUT2D eigenvalue weighted by molar-refractivity contribution is 9.10. The van der Waals surface area contributed by atoms with Crippen LogP contribution in [-0.2, 0) is 21.2 Å². The van der Waals surface area contributed by atoms with Crippen LogP contribution in [0.25, 0.3) is 0 Å². The molecule has 0 radical (unpaired) electrons. The van der Waals surface area contributed by atoms with Crippen molar-refractivity contribution in [2.45, 2.75) is 48.8 Å². The first-order chi connectivity index (χ1) is 14.0. The Bertz CT molecular complexity index is 1070. The summed E-state index contributed by atoms with van der Waals surface area (Å²) >= 11 is 3.34. The van der Waals surface area contributed by atoms with Crippen LogP contribution in [0.15, 0.2) is 39.7 Å². The normalized spacial score (nSPS) is 18.9. The van der Waals surface area contributed by atoms with Crippen LogP contribution in [0.1, 0.15) is 48.3 Å². The zero-order valence-electron chi connectivity index (χ0n) is 15.8. The zero-order chi connectivity index (χ0) is 22.2. The van der Waals surface area contributed by atoms with E-state index in [9.17, 15) is 31.5 Å². The Morgan fingerprint density at radius 2 is 1.90 bits per heavy atom. The van der Waals surface area contributed by atoms with E-state index in [1.807, 2.05) is 0 Å². The number of amides is 1. The van der Waals surface area contributed by atoms with Gasteiger partial charge in [-0.15, -0.1) is 0 Å². The first-order valence-electron chi connectivity index (χ1n) is 9.09. The first kappa shape index (κ1) is 22.6. The van der Waals surface area contributed by atoms with E-state index in [4.69, 9.17) is 0 Å². The third-order valence-corrected chi connectivity index (χ3v) is 7.69. The van der Waals surface area contributed by atoms with Crippen molar-refractivity contribution >= 4 is 31.7 Å². The van der Waals surface area contributed by atoms with Gasteiger partial charge in [0, 0.05) is 29.6 Å². The van der Waals surface area contributed by atoms with E-state index < -0.39 is 32.2 Å². The molecule has 10 heteroatoms. The molecule has 0 saturated heterocycles. The largest absolute Gasteiger partial charge is 0.508 e. The number of nitrogens with one attached hydrogen (secondary N) is 1. The number of carbonyl (C=O) groups excluding carboxylic acids is 1. The molecule has 5 nitrogen and oxygen atoms in total. The zero-order valence-corrected chi connectivity index (χ0v) is 18.2. The van der Waals surface area contributed by atoms with Crippen LogP contribution < -0.4 is 5.32 Å². The minimum absolute atomic E-state index is 0.0377. The highest BCUT2D eigenvalue weighted by Gasteiger charge is 2.37. The van der Waals surface area contributed by atoms with Crippen molar-refractivity contribution in [3.05, 3.63) is 57.3 Å². The number of aromatic hydroxyl groups is 1. The van der Waals surface area contributed by atoms with Gasteiger partial charge in [-0.2, -0.15) is 8.78 Å². The number of halogens is 4. The topological polar surface area (TPSA) is 83.5 Å². The molecular formula is C20H19BrF3NO4S. The van der Waals surface area contributed by atoms with Gasteiger partial charge in [-0.3, -0.25) is 4.79 Å². The van der Waals surface area contributed by atoms with E-state index in [0.717, 1.165) is 18.6 Å². The summed E-state index contributed by atoms with van der Waals surface area (Å²) in [7, 11) is -4.88. The maximum atomic E-state index is 13.7. The Kier molecular flexibility index (Phi) is 6.47. The fourth-order valence-corrected chi connectivity index (χ4v) is 5.61. The number of rotatable bonds is 6. The lowest BCUT2D eigenvalue weighted by Gasteiger charge is -2.38. The molecule has 2 N–H and O–H groups in total. The summed E-state index contributed by atoms with van der Waals surface area (Å²) in [5.41, 5.74) is 1.31. The van der Waals surface area contributed by atoms with Crippen molar-refractivity contribution < 1.29 is 31.5 Å². The quantitative estimate of drug-likeness (QED) is 0.601. The average Bonchev–Trinajstić information content (AvgIpc) is 2.59. The van der Waals surface area contributed by atoms with Gasteiger partial charge in [-0.1, -0.05) is 22.0 Å². The lowest BCUT2D eigenvalue weighted by molar-refractivity contribution is -0.119. The third kappa shape index (κ3) is 4.34. The highest BCUT2D eigenvalue weighted by atomic mass is 79.9. The van der Waals surface area contributed by atoms with E-state index in [1.165, 1.54) is 25.1 Å². The second-order valence-corrected chi connectivity index (χ2v) is 9.87. The molecule has 1 aliphatic rings. The maximum absolute atomic E-state index is 13.7. The number of alkyl halides is 2. The van der Waals surface area contributed by atoms with Gasteiger partial charge in [-0.05, 0) is 54.0 Å². The first-order valence-corrected chi connectivity index (χ1v) is 11.4. The number of phenolic OH excluding ortho intramolecular Hbond substituents is 1. The van der Waals surface area contributed by atoms with Gasteiger partial charge < -0.3 is 10.4 Å². The fourth-order valence-electron chi connectivity index (χ4n) is 3.73. The van der Waals surface area contributed by atoms with E-state index >= 15 is 0 Å². The van der Waals surface area contributed by atoms with Crippen LogP contribution >= 0.6 is 15.9 Å². The van der Waals surface area contributed by atoms with Gasteiger partial charge in [0.15, 0.2) is 0 Å². The van der Waals surface area contributed by atoms with Gasteiger partial charge in [0.05, 0.1) is 4.90 Å². The molecule has 2 aromatic rings. The number of benzene rings is 2. The average molecular weight is 506 g/mol. The molecule has 0 spiro atoms. The SMILES string of the molecule is CC(=O)NCc1c(S(=O)(=O)C(F)F)ccc(C2CCC2c2cc(O)cc(F)c2)c1Br. The van der Waals surface area contributed by atoms with Gasteiger partial charge in [0.2, 0.25) is 15.7 Å². The minimum Gasteiger partial charge on any atom is -0.508 e. The van der Waals surface area contributed by atoms with Crippen LogP contribution in [0.3, 0.4) is 0 Å². The van der Waals surface area contributed by atoms with Crippen LogP contribution in [0.4, 0.5) is 13.2 Å². The summed E-state index contributed by atoms with van der Waals surface area (Å²) in [6.07, 6.45) is 1.43. The molecule has 0 heterocycles. The second kappa shape index (κ2) is 8.58. The van der Waals surface area contributed by atoms with Crippen molar-refractivity contribution in [1.29, 1.82) is 0 Å². The maximum Gasteiger partial charge on any atom is 0.341 e. The molecule has 2 atom stereocenters. The Morgan fingerprint density at radius 3 is 2.43 bits per heavy atom. The van der Waals surface area contributed by atoms with Crippen molar-refractivity contribution in [2.75, 3.05) is 0 Å². The Morgan fingerprint density at radius 1 is 1.23 bits per heavy atom. The predicted octanol–water partition coefficient (Wildman–Crippen LogP) is 4.59. The highest BCUT2D eigenvalue weighted by Crippen LogP contribution is 2.52. The van der Waals surface area contributed by atoms with E-state index in [-0.39, 0.29) is 29.7 Å². The number of phenols is 1. The standard InChI is InChI=1S/C20H19BrF3NO4S/c1-10(26)25-9-17-18(30(28,29)20(23)24)5-4-16(19(17)21)15-3-2-14(15)11-6-12(22)8-13(27)7-11/h4-8,14-15,20,27H,2-3,9H2,1H3,(H,25,26). The molecule has 2 aromatic carbocycles. The summed E-state index contributed by atoms with van der Waals surface area (Å²) in [5.74, 6) is -5.07. The van der Waals surface area contributed by atoms with Gasteiger partial charge >= 0.3 is 5.76 Å². The Balaban J connectivity index is 2.05. The van der Waals surface area contributed by atoms with Gasteiger partial charge in [-0.25, -0.2) is 12.8 Å². The molecular weight excluding hydrogens is 487 g/mol. The van der Waals surface area contributed by atoms with Crippen LogP contribution in [0.5, 0.6) is 5.75 Å². The van der Waals surface area contributed by atoms with Crippen LogP contribution in [0.2, 0.25) is 0 Å². The Labute approximate surface area is 180 Å². The summed E-state index contributed by atoms with van der Waals surface area (Å²) in [4.78, 5) is 10.8. The van der Waals surface area contributed by atoms with Crippen LogP contribution in [-0.4, -0.2) is 25.2 Å². The van der Waals surface area contributed by atoms with Gasteiger partial charge in [0.25, 0.3) is 0 Å². The summed E-state index contributed by atoms with van der Waals surface area (Å²) in [6.45, 7) is 0.987. The van der Waals surface area contributed by atoms with Crippen LogP contribution in [0, 0.1) is 5.82 Å². The van der Waals surface area contributed by atoms with Crippen molar-refractivity contribution in [3.63, 3.8) is 0 Å². The lowest BCUT2D eigenvalue weighted by Crippen LogP contribution is -2.25. The predicted molar refractivity (Wildman–Crippen MR) is 108 cm³/mol. The molecule has 3 rings (SSSR count). The van der Waals surface area contributed by atoms with E-state index in [0.29, 0.717) is 22.0 Å². The van der Waals surface area contributed by atoms with Crippen molar-refractivity contribution in [3.8, 4) is 5.75 Å². The molecule has 2 unspecified atom stereocenters. The number of carbonyl (C=O) groups is 1. The van der Waals surface area contributed by atoms with Crippen molar-refractivity contribution in [2.24, 2.45) is 0 Å². The molecule has 1 fully saturated rings. The fraction of sp³-hybridized carbons (Fsp3) is 0.350. The number of hydrogen-bond acceptors (Lipinski definition) is 4. The smallest absolute Gasteiger partial charge is 0.341 e. The summed E-state index contributed by atoms with van der Waals surface area (Å²) in [5, 5.41) is 12.1. The summed E-state index contributed by atoms with van der Waals surface area (Å²) in [6, 6.07) is 6.40. The molecule has 162 valence electrons. The molecule has 0 aromatic heterocycles. The minimum atomic E-state index is -4.88. The number of hydrogen-bond donors (Lipinski definition) is 2. The van der Waals surface area contributed by atoms with E-state index in [2.05, 4.69) is 21.2 Å². The molecule has 0 bridgehead atoms. The molecule has 1 aliphatic carbocycles. The molecule has 1 saturated carbocycles. The summed E-state index contributed by atoms with van der Waals surface area (Å²) < 4.78 is 64.6. The van der Waals surface area contributed by atoms with E-state index in [1.54, 1.807) is 0 Å². The monoisotopic (exact) mass is 505 g/mol. The molecule has 30 heavy (non-hydrogen) atoms. The number of sulfone groups is 1.